The van der Waals surface area contributed by atoms with Crippen molar-refractivity contribution in [2.24, 2.45) is 0 Å². The molecule has 1 fully saturated rings. The summed E-state index contributed by atoms with van der Waals surface area (Å²) in [7, 11) is 0. The Bertz CT molecular complexity index is 2670. The first-order valence-electron chi connectivity index (χ1n) is 18.6. The number of carbonyl (C=O) groups excluding carboxylic acids is 2. The molecule has 5 aromatic carbocycles. The monoisotopic (exact) mass is 739 g/mol. The van der Waals surface area contributed by atoms with Crippen molar-refractivity contribution in [3.63, 3.8) is 0 Å². The number of aromatic amines is 2. The average Bonchev–Trinajstić information content (AvgIpc) is 3.71. The van der Waals surface area contributed by atoms with Crippen molar-refractivity contribution in [2.75, 3.05) is 6.61 Å². The van der Waals surface area contributed by atoms with E-state index in [9.17, 15) is 9.59 Å². The van der Waals surface area contributed by atoms with E-state index in [1.165, 1.54) is 0 Å². The second kappa shape index (κ2) is 13.4. The summed E-state index contributed by atoms with van der Waals surface area (Å²) in [4.78, 5) is 40.5. The van der Waals surface area contributed by atoms with Gasteiger partial charge in [-0.15, -0.1) is 11.3 Å². The number of hydrogen-bond acceptors (Lipinski definition) is 5. The van der Waals surface area contributed by atoms with Gasteiger partial charge < -0.3 is 25.3 Å². The predicted molar refractivity (Wildman–Crippen MR) is 217 cm³/mol. The van der Waals surface area contributed by atoms with Gasteiger partial charge >= 0.3 is 6.09 Å². The van der Waals surface area contributed by atoms with E-state index < -0.39 is 17.7 Å². The van der Waals surface area contributed by atoms with Gasteiger partial charge in [0.1, 0.15) is 18.0 Å². The minimum atomic E-state index is -1.22. The summed E-state index contributed by atoms with van der Waals surface area (Å²) in [5.41, 5.74) is 8.33. The molecule has 2 unspecified atom stereocenters. The molecule has 3 atom stereocenters. The van der Waals surface area contributed by atoms with E-state index in [1.807, 2.05) is 91.1 Å². The highest BCUT2D eigenvalue weighted by Crippen LogP contribution is 2.55. The fraction of sp³-hybridized carbons (Fsp3) is 0.152. The van der Waals surface area contributed by atoms with Gasteiger partial charge in [-0.1, -0.05) is 115 Å². The smallest absolute Gasteiger partial charge is 0.408 e. The normalized spacial score (nSPS) is 17.8. The molecule has 0 radical (unpaired) electrons. The highest BCUT2D eigenvalue weighted by atomic mass is 32.1. The lowest BCUT2D eigenvalue weighted by atomic mass is 9.98. The van der Waals surface area contributed by atoms with Gasteiger partial charge in [0.25, 0.3) is 0 Å². The van der Waals surface area contributed by atoms with Crippen molar-refractivity contribution in [1.82, 2.24) is 25.6 Å². The van der Waals surface area contributed by atoms with Gasteiger partial charge in [-0.25, -0.2) is 9.78 Å². The molecule has 4 N–H and O–H groups in total. The fourth-order valence-corrected chi connectivity index (χ4v) is 9.49. The molecule has 0 aliphatic heterocycles. The average molecular weight is 740 g/mol. The van der Waals surface area contributed by atoms with Crippen molar-refractivity contribution in [1.29, 1.82) is 0 Å². The number of fused-ring (bicyclic) bond motifs is 5. The van der Waals surface area contributed by atoms with Crippen molar-refractivity contribution < 1.29 is 14.3 Å². The van der Waals surface area contributed by atoms with E-state index in [2.05, 4.69) is 68.4 Å². The van der Waals surface area contributed by atoms with E-state index in [0.29, 0.717) is 18.7 Å². The van der Waals surface area contributed by atoms with Crippen molar-refractivity contribution in [3.8, 4) is 22.4 Å². The SMILES string of the molecule is O=C(NC1(C(=O)N[C@H](Cc2c[nH]c3ccccc23)c2ncc(-c3ccccc3)[nH]2)CC1c1csc2ccccc12)OCC1c2ccccc2-c2ccccc21. The molecule has 3 aromatic heterocycles. The lowest BCUT2D eigenvalue weighted by Crippen LogP contribution is -2.51. The van der Waals surface area contributed by atoms with Gasteiger partial charge in [0.2, 0.25) is 5.91 Å². The van der Waals surface area contributed by atoms with Crippen LogP contribution in [0.4, 0.5) is 4.79 Å². The summed E-state index contributed by atoms with van der Waals surface area (Å²) in [5.74, 6) is 0.0159. The van der Waals surface area contributed by atoms with Gasteiger partial charge in [0.15, 0.2) is 0 Å². The predicted octanol–water partition coefficient (Wildman–Crippen LogP) is 9.64. The summed E-state index contributed by atoms with van der Waals surface area (Å²) in [6, 6.07) is 42.4. The van der Waals surface area contributed by atoms with E-state index in [0.717, 1.165) is 65.6 Å². The summed E-state index contributed by atoms with van der Waals surface area (Å²) < 4.78 is 7.18. The maximum atomic E-state index is 14.9. The number of rotatable bonds is 10. The maximum absolute atomic E-state index is 14.9. The molecule has 2 amide bonds. The lowest BCUT2D eigenvalue weighted by Gasteiger charge is -2.24. The zero-order valence-corrected chi connectivity index (χ0v) is 30.6. The van der Waals surface area contributed by atoms with Crippen LogP contribution < -0.4 is 10.6 Å². The van der Waals surface area contributed by atoms with E-state index in [4.69, 9.17) is 9.72 Å². The van der Waals surface area contributed by atoms with Gasteiger partial charge in [-0.2, -0.15) is 0 Å². The van der Waals surface area contributed by atoms with Crippen LogP contribution >= 0.6 is 11.3 Å². The lowest BCUT2D eigenvalue weighted by molar-refractivity contribution is -0.125. The molecular weight excluding hydrogens is 703 g/mol. The minimum absolute atomic E-state index is 0.0999. The third-order valence-corrected chi connectivity index (χ3v) is 12.3. The van der Waals surface area contributed by atoms with E-state index in [1.54, 1.807) is 17.5 Å². The number of benzene rings is 5. The van der Waals surface area contributed by atoms with Crippen molar-refractivity contribution >= 4 is 44.3 Å². The number of alkyl carbamates (subject to hydrolysis) is 1. The molecule has 8 aromatic rings. The van der Waals surface area contributed by atoms with Gasteiger partial charge in [0.05, 0.1) is 17.9 Å². The molecule has 0 saturated heterocycles. The Morgan fingerprint density at radius 2 is 1.51 bits per heavy atom. The van der Waals surface area contributed by atoms with Crippen LogP contribution in [0.5, 0.6) is 0 Å². The van der Waals surface area contributed by atoms with E-state index in [-0.39, 0.29) is 24.3 Å². The van der Waals surface area contributed by atoms with Crippen LogP contribution in [-0.4, -0.2) is 39.1 Å². The number of amides is 2. The number of aromatic nitrogens is 3. The number of para-hydroxylation sites is 1. The maximum Gasteiger partial charge on any atom is 0.408 e. The quantitative estimate of drug-likeness (QED) is 0.112. The largest absolute Gasteiger partial charge is 0.449 e. The number of nitrogens with one attached hydrogen (secondary N) is 4. The van der Waals surface area contributed by atoms with Crippen LogP contribution in [-0.2, 0) is 16.0 Å². The van der Waals surface area contributed by atoms with Crippen molar-refractivity contribution in [3.05, 3.63) is 173 Å². The molecule has 10 rings (SSSR count). The number of imidazole rings is 1. The molecule has 0 spiro atoms. The first kappa shape index (κ1) is 33.1. The van der Waals surface area contributed by atoms with Crippen LogP contribution in [0.15, 0.2) is 145 Å². The second-order valence-corrected chi connectivity index (χ2v) is 15.4. The fourth-order valence-electron chi connectivity index (χ4n) is 8.47. The molecule has 2 aliphatic carbocycles. The number of H-pyrrole nitrogens is 2. The molecule has 8 nitrogen and oxygen atoms in total. The Balaban J connectivity index is 0.964. The van der Waals surface area contributed by atoms with Crippen LogP contribution in [0.2, 0.25) is 0 Å². The van der Waals surface area contributed by atoms with E-state index >= 15 is 0 Å². The molecule has 2 aliphatic rings. The zero-order chi connectivity index (χ0) is 36.9. The number of thiophene rings is 1. The highest BCUT2D eigenvalue weighted by Gasteiger charge is 2.63. The standard InChI is InChI=1S/C46H37N5O3S/c52-44(50-40(22-29-24-47-39-20-10-8-14-30(29)39)43-48-25-41(49-43)28-12-2-1-3-13-28)46(23-38(46)37-27-55-42-21-11-9-19-35(37)42)51-45(53)54-26-36-33-17-6-4-15-31(33)32-16-5-7-18-34(32)36/h1-21,24-25,27,36,38,40,47H,22-23,26H2,(H,48,49)(H,50,52)(H,51,53)/t38?,40-,46?/m1/s1. The molecular formula is C46H37N5O3S. The topological polar surface area (TPSA) is 112 Å². The molecule has 3 heterocycles. The van der Waals surface area contributed by atoms with Gasteiger partial charge in [-0.3, -0.25) is 4.79 Å². The molecule has 9 heteroatoms. The van der Waals surface area contributed by atoms with Gasteiger partial charge in [0, 0.05) is 40.1 Å². The zero-order valence-electron chi connectivity index (χ0n) is 29.8. The summed E-state index contributed by atoms with van der Waals surface area (Å²) >= 11 is 1.65. The molecule has 55 heavy (non-hydrogen) atoms. The first-order chi connectivity index (χ1) is 27.1. The summed E-state index contributed by atoms with van der Waals surface area (Å²) in [6.07, 6.45) is 4.10. The Morgan fingerprint density at radius 1 is 0.818 bits per heavy atom. The van der Waals surface area contributed by atoms with Crippen LogP contribution in [0.3, 0.4) is 0 Å². The first-order valence-corrected chi connectivity index (χ1v) is 19.5. The number of nitrogens with zero attached hydrogens (tertiary/aromatic N) is 1. The third kappa shape index (κ3) is 5.88. The summed E-state index contributed by atoms with van der Waals surface area (Å²) in [5, 5.41) is 10.8. The van der Waals surface area contributed by atoms with Gasteiger partial charge in [-0.05, 0) is 68.3 Å². The van der Waals surface area contributed by atoms with Crippen LogP contribution in [0, 0.1) is 0 Å². The molecule has 270 valence electrons. The Morgan fingerprint density at radius 3 is 2.31 bits per heavy atom. The number of ether oxygens (including phenoxy) is 1. The van der Waals surface area contributed by atoms with Crippen molar-refractivity contribution in [2.45, 2.75) is 36.3 Å². The Hall–Kier alpha value is -6.45. The number of carbonyl (C=O) groups is 2. The highest BCUT2D eigenvalue weighted by molar-refractivity contribution is 7.17. The Kier molecular flexibility index (Phi) is 8.10. The second-order valence-electron chi connectivity index (χ2n) is 14.5. The molecule has 1 saturated carbocycles. The van der Waals surface area contributed by atoms with Crippen LogP contribution in [0.1, 0.15) is 52.4 Å². The van der Waals surface area contributed by atoms with Crippen LogP contribution in [0.25, 0.3) is 43.4 Å². The summed E-state index contributed by atoms with van der Waals surface area (Å²) in [6.45, 7) is 0.154. The number of hydrogen-bond donors (Lipinski definition) is 4. The minimum Gasteiger partial charge on any atom is -0.449 e. The Labute approximate surface area is 321 Å². The third-order valence-electron chi connectivity index (χ3n) is 11.3. The molecule has 0 bridgehead atoms.